The summed E-state index contributed by atoms with van der Waals surface area (Å²) < 4.78 is 2.14. The van der Waals surface area contributed by atoms with Gasteiger partial charge in [0, 0.05) is 38.8 Å². The third-order valence-corrected chi connectivity index (χ3v) is 11.5. The molecule has 0 saturated carbocycles. The van der Waals surface area contributed by atoms with Crippen LogP contribution in [0.3, 0.4) is 0 Å². The number of hydrogen-bond donors (Lipinski definition) is 0. The Bertz CT molecular complexity index is 3230. The molecule has 0 bridgehead atoms. The average Bonchev–Trinajstić information content (AvgIpc) is 3.80. The molecule has 4 heteroatoms. The highest BCUT2D eigenvalue weighted by Gasteiger charge is 2.21. The third-order valence-electron chi connectivity index (χ3n) is 11.5. The van der Waals surface area contributed by atoms with Gasteiger partial charge in [0.15, 0.2) is 5.82 Å². The predicted molar refractivity (Wildman–Crippen MR) is 252 cm³/mol. The zero-order valence-electron chi connectivity index (χ0n) is 33.2. The molecular formula is C57H38N4. The molecular weight excluding hydrogens is 741 g/mol. The number of aromatic nitrogens is 4. The molecule has 0 radical (unpaired) electrons. The van der Waals surface area contributed by atoms with Gasteiger partial charge in [-0.25, -0.2) is 14.5 Å². The van der Waals surface area contributed by atoms with Gasteiger partial charge in [-0.3, -0.25) is 0 Å². The molecule has 0 aliphatic heterocycles. The second-order valence-electron chi connectivity index (χ2n) is 15.2. The van der Waals surface area contributed by atoms with Gasteiger partial charge in [-0.1, -0.05) is 218 Å². The highest BCUT2D eigenvalue weighted by molar-refractivity contribution is 6.13. The second-order valence-corrected chi connectivity index (χ2v) is 15.2. The Labute approximate surface area is 354 Å². The summed E-state index contributed by atoms with van der Waals surface area (Å²) in [6, 6.07) is 78.9. The molecule has 0 N–H and O–H groups in total. The van der Waals surface area contributed by atoms with Crippen molar-refractivity contribution >= 4 is 16.3 Å². The number of fused-ring (bicyclic) bond motifs is 3. The molecule has 286 valence electrons. The van der Waals surface area contributed by atoms with E-state index < -0.39 is 0 Å². The fourth-order valence-electron chi connectivity index (χ4n) is 8.49. The van der Waals surface area contributed by atoms with Gasteiger partial charge in [-0.15, -0.1) is 0 Å². The van der Waals surface area contributed by atoms with Crippen molar-refractivity contribution in [2.45, 2.75) is 0 Å². The maximum absolute atomic E-state index is 5.07. The Morgan fingerprint density at radius 2 is 0.705 bits per heavy atom. The van der Waals surface area contributed by atoms with Crippen molar-refractivity contribution in [1.82, 2.24) is 19.6 Å². The minimum absolute atomic E-state index is 0.705. The molecule has 11 aromatic rings. The average molecular weight is 779 g/mol. The van der Waals surface area contributed by atoms with Gasteiger partial charge in [0.05, 0.1) is 28.8 Å². The first kappa shape index (κ1) is 35.9. The van der Waals surface area contributed by atoms with Crippen molar-refractivity contribution in [3.63, 3.8) is 0 Å². The Hall–Kier alpha value is -8.21. The van der Waals surface area contributed by atoms with Crippen LogP contribution in [0.4, 0.5) is 0 Å². The van der Waals surface area contributed by atoms with Crippen molar-refractivity contribution in [3.8, 4) is 89.7 Å². The molecule has 3 heterocycles. The van der Waals surface area contributed by atoms with Crippen LogP contribution in [0, 0.1) is 0 Å². The van der Waals surface area contributed by atoms with E-state index in [0.29, 0.717) is 5.82 Å². The Morgan fingerprint density at radius 3 is 1.20 bits per heavy atom. The molecule has 0 unspecified atom stereocenters. The SMILES string of the molecule is c1ccc(-c2cc(-c3ccccc3)nc(-c3ccc(-c4ccc(-c5ccc(-c6c(-c7ccccc7)n7ncc(-c8ccccc8)c7c7ccccc67)cc5)cc4)cc3)n2)cc1. The van der Waals surface area contributed by atoms with E-state index in [2.05, 4.69) is 193 Å². The van der Waals surface area contributed by atoms with Gasteiger partial charge < -0.3 is 0 Å². The minimum Gasteiger partial charge on any atom is -0.231 e. The van der Waals surface area contributed by atoms with Crippen LogP contribution in [-0.2, 0) is 0 Å². The molecule has 0 aliphatic rings. The molecule has 0 fully saturated rings. The van der Waals surface area contributed by atoms with Gasteiger partial charge in [0.1, 0.15) is 0 Å². The molecule has 3 aromatic heterocycles. The van der Waals surface area contributed by atoms with Crippen molar-refractivity contribution in [3.05, 3.63) is 231 Å². The number of hydrogen-bond acceptors (Lipinski definition) is 3. The van der Waals surface area contributed by atoms with Crippen LogP contribution >= 0.6 is 0 Å². The van der Waals surface area contributed by atoms with Gasteiger partial charge >= 0.3 is 0 Å². The molecule has 61 heavy (non-hydrogen) atoms. The highest BCUT2D eigenvalue weighted by Crippen LogP contribution is 2.43. The minimum atomic E-state index is 0.705. The number of benzene rings is 8. The van der Waals surface area contributed by atoms with Crippen LogP contribution in [-0.4, -0.2) is 19.6 Å². The van der Waals surface area contributed by atoms with Crippen LogP contribution in [0.1, 0.15) is 0 Å². The van der Waals surface area contributed by atoms with E-state index in [4.69, 9.17) is 15.1 Å². The summed E-state index contributed by atoms with van der Waals surface area (Å²) >= 11 is 0. The fraction of sp³-hybridized carbons (Fsp3) is 0. The summed E-state index contributed by atoms with van der Waals surface area (Å²) in [5.74, 6) is 0.705. The van der Waals surface area contributed by atoms with E-state index in [1.54, 1.807) is 0 Å². The third kappa shape index (κ3) is 6.76. The summed E-state index contributed by atoms with van der Waals surface area (Å²) in [5.41, 5.74) is 17.4. The largest absolute Gasteiger partial charge is 0.231 e. The number of rotatable bonds is 8. The number of pyridine rings is 1. The van der Waals surface area contributed by atoms with Crippen LogP contribution < -0.4 is 0 Å². The van der Waals surface area contributed by atoms with Gasteiger partial charge in [-0.2, -0.15) is 5.10 Å². The lowest BCUT2D eigenvalue weighted by atomic mass is 9.91. The smallest absolute Gasteiger partial charge is 0.160 e. The van der Waals surface area contributed by atoms with Crippen molar-refractivity contribution < 1.29 is 0 Å². The molecule has 8 aromatic carbocycles. The van der Waals surface area contributed by atoms with E-state index in [-0.39, 0.29) is 0 Å². The van der Waals surface area contributed by atoms with Crippen molar-refractivity contribution in [1.29, 1.82) is 0 Å². The van der Waals surface area contributed by atoms with Crippen molar-refractivity contribution in [2.75, 3.05) is 0 Å². The van der Waals surface area contributed by atoms with Crippen LogP contribution in [0.15, 0.2) is 231 Å². The Kier molecular flexibility index (Phi) is 9.14. The van der Waals surface area contributed by atoms with Gasteiger partial charge in [0.25, 0.3) is 0 Å². The van der Waals surface area contributed by atoms with E-state index in [1.807, 2.05) is 42.6 Å². The second kappa shape index (κ2) is 15.5. The zero-order valence-corrected chi connectivity index (χ0v) is 33.2. The Balaban J connectivity index is 0.917. The molecule has 0 spiro atoms. The lowest BCUT2D eigenvalue weighted by Gasteiger charge is -2.18. The summed E-state index contributed by atoms with van der Waals surface area (Å²) in [4.78, 5) is 10.0. The van der Waals surface area contributed by atoms with E-state index >= 15 is 0 Å². The fourth-order valence-corrected chi connectivity index (χ4v) is 8.49. The summed E-state index contributed by atoms with van der Waals surface area (Å²) in [6.07, 6.45) is 2.01. The van der Waals surface area contributed by atoms with Crippen LogP contribution in [0.2, 0.25) is 0 Å². The maximum atomic E-state index is 5.07. The molecule has 11 rings (SSSR count). The zero-order chi connectivity index (χ0) is 40.5. The molecule has 0 amide bonds. The van der Waals surface area contributed by atoms with E-state index in [0.717, 1.165) is 89.4 Å². The first-order valence-corrected chi connectivity index (χ1v) is 20.6. The van der Waals surface area contributed by atoms with Crippen molar-refractivity contribution in [2.24, 2.45) is 0 Å². The van der Waals surface area contributed by atoms with Gasteiger partial charge in [0.2, 0.25) is 0 Å². The van der Waals surface area contributed by atoms with Gasteiger partial charge in [-0.05, 0) is 44.8 Å². The number of nitrogens with zero attached hydrogens (tertiary/aromatic N) is 4. The summed E-state index contributed by atoms with van der Waals surface area (Å²) in [7, 11) is 0. The Morgan fingerprint density at radius 1 is 0.311 bits per heavy atom. The van der Waals surface area contributed by atoms with E-state index in [1.165, 1.54) is 10.8 Å². The lowest BCUT2D eigenvalue weighted by molar-refractivity contribution is 0.976. The summed E-state index contributed by atoms with van der Waals surface area (Å²) in [5, 5.41) is 7.43. The quantitative estimate of drug-likeness (QED) is 0.154. The lowest BCUT2D eigenvalue weighted by Crippen LogP contribution is -2.00. The highest BCUT2D eigenvalue weighted by atomic mass is 15.2. The van der Waals surface area contributed by atoms with E-state index in [9.17, 15) is 0 Å². The first-order valence-electron chi connectivity index (χ1n) is 20.6. The molecule has 0 aliphatic carbocycles. The van der Waals surface area contributed by atoms with Crippen LogP contribution in [0.25, 0.3) is 106 Å². The molecule has 4 nitrogen and oxygen atoms in total. The molecule has 0 saturated heterocycles. The normalized spacial score (nSPS) is 11.3. The molecule has 0 atom stereocenters. The topological polar surface area (TPSA) is 43.1 Å². The standard InChI is InChI=1S/C57H38N4/c1-5-15-43(16-6-1)51-38-58-61-55(47-21-11-4-12-22-47)54(49-23-13-14-24-50(49)56(51)61)46-33-29-41(30-34-46)39-25-27-40(28-26-39)42-31-35-48(36-32-42)57-59-52(44-17-7-2-8-18-44)37-53(60-57)45-19-9-3-10-20-45/h1-38H. The maximum Gasteiger partial charge on any atom is 0.160 e. The summed E-state index contributed by atoms with van der Waals surface area (Å²) in [6.45, 7) is 0. The monoisotopic (exact) mass is 778 g/mol. The predicted octanol–water partition coefficient (Wildman–Crippen LogP) is 14.6. The first-order chi connectivity index (χ1) is 30.2. The van der Waals surface area contributed by atoms with Crippen LogP contribution in [0.5, 0.6) is 0 Å².